The van der Waals surface area contributed by atoms with Gasteiger partial charge in [-0.2, -0.15) is 5.06 Å². The van der Waals surface area contributed by atoms with Crippen LogP contribution in [0.4, 0.5) is 16.2 Å². The first-order chi connectivity index (χ1) is 18.6. The van der Waals surface area contributed by atoms with Gasteiger partial charge in [-0.15, -0.1) is 0 Å². The third-order valence-electron chi connectivity index (χ3n) is 6.49. The molecule has 2 heterocycles. The van der Waals surface area contributed by atoms with Crippen LogP contribution >= 0.6 is 11.6 Å². The van der Waals surface area contributed by atoms with Crippen molar-refractivity contribution in [2.75, 3.05) is 36.5 Å². The molecule has 1 unspecified atom stereocenters. The van der Waals surface area contributed by atoms with Crippen LogP contribution in [0.15, 0.2) is 83.9 Å². The number of hydrogen-bond donors (Lipinski definition) is 2. The van der Waals surface area contributed by atoms with E-state index in [1.54, 1.807) is 29.2 Å². The second-order valence-corrected chi connectivity index (χ2v) is 9.62. The molecule has 2 aliphatic heterocycles. The number of para-hydroxylation sites is 1. The maximum absolute atomic E-state index is 13.9. The average Bonchev–Trinajstić information content (AvgIpc) is 3.43. The van der Waals surface area contributed by atoms with Crippen LogP contribution in [0.2, 0.25) is 5.02 Å². The number of hydrogen-bond acceptors (Lipinski definition) is 5. The van der Waals surface area contributed by atoms with Crippen LogP contribution in [-0.4, -0.2) is 55.1 Å². The summed E-state index contributed by atoms with van der Waals surface area (Å²) >= 11 is 5.96. The number of carbonyl (C=O) groups excluding carboxylic acids is 2. The summed E-state index contributed by atoms with van der Waals surface area (Å²) in [5.41, 5.74) is 3.64. The summed E-state index contributed by atoms with van der Waals surface area (Å²) in [6.45, 7) is 2.81. The number of benzodiazepines with no additional fused rings is 1. The smallest absolute Gasteiger partial charge is 0.308 e. The number of carbonyl (C=O) groups is 2. The molecule has 0 radical (unpaired) electrons. The predicted octanol–water partition coefficient (Wildman–Crippen LogP) is 5.09. The van der Waals surface area contributed by atoms with Gasteiger partial charge in [-0.05, 0) is 49.6 Å². The van der Waals surface area contributed by atoms with E-state index in [2.05, 4.69) is 10.6 Å². The lowest BCUT2D eigenvalue weighted by Crippen LogP contribution is -2.49. The van der Waals surface area contributed by atoms with E-state index < -0.39 is 12.2 Å². The van der Waals surface area contributed by atoms with Gasteiger partial charge in [-0.25, -0.2) is 9.79 Å². The molecule has 1 fully saturated rings. The van der Waals surface area contributed by atoms with Crippen LogP contribution in [0, 0.1) is 0 Å². The van der Waals surface area contributed by atoms with Crippen LogP contribution in [0.25, 0.3) is 0 Å². The molecule has 5 rings (SSSR count). The Labute approximate surface area is 227 Å². The van der Waals surface area contributed by atoms with E-state index in [4.69, 9.17) is 21.4 Å². The van der Waals surface area contributed by atoms with Crippen molar-refractivity contribution >= 4 is 40.6 Å². The average molecular weight is 532 g/mol. The zero-order valence-corrected chi connectivity index (χ0v) is 21.7. The number of amides is 3. The highest BCUT2D eigenvalue weighted by Gasteiger charge is 2.33. The second-order valence-electron chi connectivity index (χ2n) is 9.18. The maximum atomic E-state index is 13.9. The third-order valence-corrected chi connectivity index (χ3v) is 6.74. The Bertz CT molecular complexity index is 1290. The first-order valence-electron chi connectivity index (χ1n) is 12.8. The Morgan fingerprint density at radius 3 is 2.45 bits per heavy atom. The maximum Gasteiger partial charge on any atom is 0.321 e. The molecule has 38 heavy (non-hydrogen) atoms. The quantitative estimate of drug-likeness (QED) is 0.396. The molecule has 1 saturated heterocycles. The van der Waals surface area contributed by atoms with Gasteiger partial charge < -0.3 is 15.5 Å². The van der Waals surface area contributed by atoms with Gasteiger partial charge in [0, 0.05) is 41.5 Å². The lowest BCUT2D eigenvalue weighted by molar-refractivity contribution is -0.143. The molecule has 9 heteroatoms. The zero-order chi connectivity index (χ0) is 26.3. The fourth-order valence-corrected chi connectivity index (χ4v) is 4.76. The van der Waals surface area contributed by atoms with E-state index in [0.717, 1.165) is 42.7 Å². The number of anilines is 2. The molecule has 3 aromatic carbocycles. The molecular weight excluding hydrogens is 502 g/mol. The molecule has 2 N–H and O–H groups in total. The molecule has 8 nitrogen and oxygen atoms in total. The second kappa shape index (κ2) is 12.2. The number of nitrogens with zero attached hydrogens (tertiary/aromatic N) is 3. The topological polar surface area (TPSA) is 86.3 Å². The number of halogens is 1. The molecule has 0 aliphatic carbocycles. The van der Waals surface area contributed by atoms with Crippen molar-refractivity contribution in [3.05, 3.63) is 95.0 Å². The Morgan fingerprint density at radius 2 is 1.68 bits per heavy atom. The number of hydroxylamine groups is 2. The van der Waals surface area contributed by atoms with Crippen molar-refractivity contribution in [1.29, 1.82) is 0 Å². The summed E-state index contributed by atoms with van der Waals surface area (Å²) in [5, 5.41) is 8.08. The first-order valence-corrected chi connectivity index (χ1v) is 13.2. The molecule has 0 bridgehead atoms. The fourth-order valence-electron chi connectivity index (χ4n) is 4.64. The Kier molecular flexibility index (Phi) is 8.33. The largest absolute Gasteiger partial charge is 0.321 e. The van der Waals surface area contributed by atoms with E-state index in [0.29, 0.717) is 36.0 Å². The number of urea groups is 1. The Hall–Kier alpha value is -3.72. The molecule has 0 aromatic heterocycles. The summed E-state index contributed by atoms with van der Waals surface area (Å²) in [6, 6.07) is 23.6. The van der Waals surface area contributed by atoms with Crippen molar-refractivity contribution in [1.82, 2.24) is 10.4 Å². The van der Waals surface area contributed by atoms with Gasteiger partial charge in [0.1, 0.15) is 0 Å². The van der Waals surface area contributed by atoms with E-state index >= 15 is 0 Å². The van der Waals surface area contributed by atoms with Gasteiger partial charge in [-0.1, -0.05) is 60.1 Å². The predicted molar refractivity (Wildman–Crippen MR) is 150 cm³/mol. The summed E-state index contributed by atoms with van der Waals surface area (Å²) in [7, 11) is 0. The van der Waals surface area contributed by atoms with Crippen LogP contribution in [-0.2, 0) is 9.63 Å². The minimum Gasteiger partial charge on any atom is -0.308 e. The SMILES string of the molecule is O=C(Nc1ccc(Cl)cc1)NC1N=C(c2ccccc2)c2ccccc2N(CCCON2CCCC2)C1=O. The highest BCUT2D eigenvalue weighted by atomic mass is 35.5. The molecule has 196 valence electrons. The van der Waals surface area contributed by atoms with Crippen molar-refractivity contribution in [2.45, 2.75) is 25.4 Å². The van der Waals surface area contributed by atoms with Crippen molar-refractivity contribution in [3.8, 4) is 0 Å². The van der Waals surface area contributed by atoms with Crippen molar-refractivity contribution in [2.24, 2.45) is 4.99 Å². The monoisotopic (exact) mass is 531 g/mol. The van der Waals surface area contributed by atoms with Crippen molar-refractivity contribution in [3.63, 3.8) is 0 Å². The lowest BCUT2D eigenvalue weighted by atomic mass is 10.0. The van der Waals surface area contributed by atoms with E-state index in [1.165, 1.54) is 0 Å². The van der Waals surface area contributed by atoms with Crippen LogP contribution in [0.3, 0.4) is 0 Å². The van der Waals surface area contributed by atoms with Gasteiger partial charge in [0.15, 0.2) is 0 Å². The molecular formula is C29H30ClN5O3. The van der Waals surface area contributed by atoms with E-state index in [9.17, 15) is 9.59 Å². The minimum atomic E-state index is -1.12. The van der Waals surface area contributed by atoms with Crippen molar-refractivity contribution < 1.29 is 14.4 Å². The standard InChI is InChI=1S/C29H30ClN5O3/c30-22-13-15-23(16-14-22)31-29(37)33-27-28(36)35(19-8-20-38-34-17-6-7-18-34)25-12-5-4-11-24(25)26(32-27)21-9-2-1-3-10-21/h1-5,9-16,27H,6-8,17-20H2,(H2,31,33,37). The Morgan fingerprint density at radius 1 is 0.974 bits per heavy atom. The molecule has 1 atom stereocenters. The van der Waals surface area contributed by atoms with Gasteiger partial charge in [0.2, 0.25) is 6.17 Å². The van der Waals surface area contributed by atoms with Gasteiger partial charge in [-0.3, -0.25) is 9.63 Å². The van der Waals surface area contributed by atoms with Crippen LogP contribution in [0.1, 0.15) is 30.4 Å². The highest BCUT2D eigenvalue weighted by molar-refractivity contribution is 6.30. The number of rotatable bonds is 8. The van der Waals surface area contributed by atoms with Gasteiger partial charge >= 0.3 is 6.03 Å². The highest BCUT2D eigenvalue weighted by Crippen LogP contribution is 2.28. The number of fused-ring (bicyclic) bond motifs is 1. The zero-order valence-electron chi connectivity index (χ0n) is 21.0. The minimum absolute atomic E-state index is 0.309. The molecule has 3 amide bonds. The van der Waals surface area contributed by atoms with Gasteiger partial charge in [0.05, 0.1) is 18.0 Å². The summed E-state index contributed by atoms with van der Waals surface area (Å²) in [5.74, 6) is -0.309. The van der Waals surface area contributed by atoms with E-state index in [1.807, 2.05) is 59.7 Å². The molecule has 3 aromatic rings. The van der Waals surface area contributed by atoms with E-state index in [-0.39, 0.29) is 5.91 Å². The van der Waals surface area contributed by atoms with Crippen LogP contribution in [0.5, 0.6) is 0 Å². The van der Waals surface area contributed by atoms with Crippen LogP contribution < -0.4 is 15.5 Å². The summed E-state index contributed by atoms with van der Waals surface area (Å²) in [6.07, 6.45) is 1.80. The number of aliphatic imine (C=N–C) groups is 1. The summed E-state index contributed by atoms with van der Waals surface area (Å²) in [4.78, 5) is 39.2. The molecule has 0 spiro atoms. The Balaban J connectivity index is 1.41. The van der Waals surface area contributed by atoms with Gasteiger partial charge in [0.25, 0.3) is 5.91 Å². The molecule has 2 aliphatic rings. The normalized spacial score (nSPS) is 17.5. The number of nitrogens with one attached hydrogen (secondary N) is 2. The fraction of sp³-hybridized carbons (Fsp3) is 0.276. The molecule has 0 saturated carbocycles. The lowest BCUT2D eigenvalue weighted by Gasteiger charge is -2.26. The number of benzene rings is 3. The first kappa shape index (κ1) is 25.9. The third kappa shape index (κ3) is 6.22. The summed E-state index contributed by atoms with van der Waals surface area (Å²) < 4.78 is 0.